The van der Waals surface area contributed by atoms with Gasteiger partial charge >= 0.3 is 6.95 Å². The van der Waals surface area contributed by atoms with Crippen molar-refractivity contribution >= 4 is 24.1 Å². The lowest BCUT2D eigenvalue weighted by Crippen LogP contribution is -2.28. The van der Waals surface area contributed by atoms with E-state index in [0.717, 1.165) is 5.56 Å². The van der Waals surface area contributed by atoms with E-state index in [9.17, 15) is 9.36 Å². The van der Waals surface area contributed by atoms with E-state index >= 15 is 0 Å². The van der Waals surface area contributed by atoms with Crippen LogP contribution in [0.4, 0.5) is 0 Å². The Morgan fingerprint density at radius 3 is 2.59 bits per heavy atom. The number of hydrogen-bond donors (Lipinski definition) is 2. The number of halogens is 1. The molecule has 2 atom stereocenters. The molecule has 0 bridgehead atoms. The van der Waals surface area contributed by atoms with Crippen LogP contribution in [0.15, 0.2) is 30.3 Å². The molecule has 0 aliphatic rings. The maximum atomic E-state index is 11.7. The number of carbonyl (C=O) groups excluding carboxylic acids is 1. The second-order valence-corrected chi connectivity index (χ2v) is 5.75. The third-order valence-corrected chi connectivity index (χ3v) is 2.71. The van der Waals surface area contributed by atoms with E-state index in [1.165, 1.54) is 0 Å². The lowest BCUT2D eigenvalue weighted by molar-refractivity contribution is -0.129. The standard InChI is InChI=1S/C10H13ClNO4P/c1-2-9(8-6-4-3-5-7-8)10(13)12-16-17(11,14)15/h3-7,9H,2H2,1H3,(H,12,13)(H,14,15). The molecule has 0 heterocycles. The number of hydrogen-bond acceptors (Lipinski definition) is 3. The van der Waals surface area contributed by atoms with Crippen molar-refractivity contribution in [2.24, 2.45) is 0 Å². The molecule has 1 amide bonds. The molecule has 2 unspecified atom stereocenters. The van der Waals surface area contributed by atoms with Crippen LogP contribution in [0.3, 0.4) is 0 Å². The highest BCUT2D eigenvalue weighted by atomic mass is 35.7. The molecule has 0 spiro atoms. The summed E-state index contributed by atoms with van der Waals surface area (Å²) in [6, 6.07) is 9.06. The highest BCUT2D eigenvalue weighted by Crippen LogP contribution is 2.46. The largest absolute Gasteiger partial charge is 0.442 e. The Kier molecular flexibility index (Phi) is 5.15. The van der Waals surface area contributed by atoms with Crippen LogP contribution >= 0.6 is 18.2 Å². The SMILES string of the molecule is CCC(C(=O)NOP(=O)(O)Cl)c1ccccc1. The summed E-state index contributed by atoms with van der Waals surface area (Å²) in [4.78, 5) is 20.4. The normalized spacial score (nSPS) is 15.9. The molecule has 1 aromatic rings. The predicted molar refractivity (Wildman–Crippen MR) is 64.4 cm³/mol. The van der Waals surface area contributed by atoms with Gasteiger partial charge in [0, 0.05) is 11.2 Å². The quantitative estimate of drug-likeness (QED) is 0.641. The van der Waals surface area contributed by atoms with Crippen LogP contribution in [0.2, 0.25) is 0 Å². The molecule has 0 radical (unpaired) electrons. The van der Waals surface area contributed by atoms with Crippen molar-refractivity contribution in [2.45, 2.75) is 19.3 Å². The number of rotatable bonds is 5. The third kappa shape index (κ3) is 4.88. The highest BCUT2D eigenvalue weighted by Gasteiger charge is 2.22. The molecule has 5 nitrogen and oxygen atoms in total. The monoisotopic (exact) mass is 277 g/mol. The second-order valence-electron chi connectivity index (χ2n) is 3.38. The van der Waals surface area contributed by atoms with Gasteiger partial charge in [0.05, 0.1) is 5.92 Å². The van der Waals surface area contributed by atoms with Crippen LogP contribution in [-0.2, 0) is 14.0 Å². The molecule has 1 aromatic carbocycles. The molecule has 2 N–H and O–H groups in total. The first-order valence-electron chi connectivity index (χ1n) is 5.00. The minimum Gasteiger partial charge on any atom is -0.311 e. The molecule has 0 aromatic heterocycles. The smallest absolute Gasteiger partial charge is 0.311 e. The summed E-state index contributed by atoms with van der Waals surface area (Å²) in [5.41, 5.74) is 2.69. The molecule has 0 fully saturated rings. The summed E-state index contributed by atoms with van der Waals surface area (Å²) in [5, 5.41) is 0. The summed E-state index contributed by atoms with van der Waals surface area (Å²) in [5.74, 6) is -0.951. The van der Waals surface area contributed by atoms with Gasteiger partial charge in [0.25, 0.3) is 5.91 Å². The number of benzene rings is 1. The Morgan fingerprint density at radius 2 is 2.12 bits per heavy atom. The third-order valence-electron chi connectivity index (χ3n) is 2.19. The Labute approximate surface area is 104 Å². The summed E-state index contributed by atoms with van der Waals surface area (Å²) in [6.45, 7) is -2.39. The number of nitrogens with one attached hydrogen (secondary N) is 1. The molecule has 0 saturated carbocycles. The summed E-state index contributed by atoms with van der Waals surface area (Å²) in [7, 11) is 0. The van der Waals surface area contributed by atoms with Crippen LogP contribution < -0.4 is 5.48 Å². The van der Waals surface area contributed by atoms with Gasteiger partial charge in [-0.05, 0) is 12.0 Å². The maximum absolute atomic E-state index is 11.7. The Morgan fingerprint density at radius 1 is 1.53 bits per heavy atom. The van der Waals surface area contributed by atoms with Crippen molar-refractivity contribution in [2.75, 3.05) is 0 Å². The average molecular weight is 278 g/mol. The van der Waals surface area contributed by atoms with Gasteiger partial charge in [0.1, 0.15) is 0 Å². The lowest BCUT2D eigenvalue weighted by atomic mass is 9.96. The van der Waals surface area contributed by atoms with Crippen molar-refractivity contribution in [3.8, 4) is 0 Å². The fraction of sp³-hybridized carbons (Fsp3) is 0.300. The number of amides is 1. The fourth-order valence-electron chi connectivity index (χ4n) is 1.43. The molecule has 17 heavy (non-hydrogen) atoms. The number of carbonyl (C=O) groups is 1. The van der Waals surface area contributed by atoms with Crippen molar-refractivity contribution in [3.63, 3.8) is 0 Å². The van der Waals surface area contributed by atoms with Gasteiger partial charge in [-0.1, -0.05) is 37.3 Å². The molecule has 0 aliphatic heterocycles. The zero-order chi connectivity index (χ0) is 12.9. The second kappa shape index (κ2) is 6.17. The first-order chi connectivity index (χ1) is 7.94. The fourth-order valence-corrected chi connectivity index (χ4v) is 1.74. The topological polar surface area (TPSA) is 75.6 Å². The average Bonchev–Trinajstić information content (AvgIpc) is 2.28. The van der Waals surface area contributed by atoms with Crippen LogP contribution in [-0.4, -0.2) is 10.8 Å². The molecule has 1 rings (SSSR count). The van der Waals surface area contributed by atoms with Crippen molar-refractivity contribution in [1.29, 1.82) is 0 Å². The molecule has 7 heteroatoms. The maximum Gasteiger partial charge on any atom is 0.442 e. The van der Waals surface area contributed by atoms with Gasteiger partial charge in [0.15, 0.2) is 0 Å². The van der Waals surface area contributed by atoms with Gasteiger partial charge < -0.3 is 4.89 Å². The molecule has 0 saturated heterocycles. The molecule has 0 aliphatic carbocycles. The van der Waals surface area contributed by atoms with E-state index in [1.807, 2.05) is 30.6 Å². The van der Waals surface area contributed by atoms with E-state index in [0.29, 0.717) is 6.42 Å². The van der Waals surface area contributed by atoms with E-state index in [4.69, 9.17) is 16.1 Å². The lowest BCUT2D eigenvalue weighted by Gasteiger charge is -2.15. The Bertz CT molecular complexity index is 420. The van der Waals surface area contributed by atoms with E-state index < -0.39 is 18.8 Å². The zero-order valence-electron chi connectivity index (χ0n) is 9.17. The van der Waals surface area contributed by atoms with Gasteiger partial charge in [0.2, 0.25) is 0 Å². The first-order valence-corrected chi connectivity index (χ1v) is 7.48. The van der Waals surface area contributed by atoms with Gasteiger partial charge in [-0.2, -0.15) is 4.62 Å². The molecular formula is C10H13ClNO4P. The molecular weight excluding hydrogens is 265 g/mol. The van der Waals surface area contributed by atoms with Crippen LogP contribution in [0, 0.1) is 0 Å². The molecule has 94 valence electrons. The zero-order valence-corrected chi connectivity index (χ0v) is 10.8. The van der Waals surface area contributed by atoms with Crippen molar-refractivity contribution in [3.05, 3.63) is 35.9 Å². The number of hydroxylamine groups is 1. The Balaban J connectivity index is 2.69. The minimum absolute atomic E-state index is 0.445. The van der Waals surface area contributed by atoms with Gasteiger partial charge in [-0.25, -0.2) is 10.0 Å². The van der Waals surface area contributed by atoms with Crippen LogP contribution in [0.25, 0.3) is 0 Å². The summed E-state index contributed by atoms with van der Waals surface area (Å²) < 4.78 is 14.8. The first kappa shape index (κ1) is 14.2. The summed E-state index contributed by atoms with van der Waals surface area (Å²) in [6.07, 6.45) is 0.539. The van der Waals surface area contributed by atoms with E-state index in [2.05, 4.69) is 4.62 Å². The Hall–Kier alpha value is -0.870. The van der Waals surface area contributed by atoms with Crippen LogP contribution in [0.1, 0.15) is 24.8 Å². The van der Waals surface area contributed by atoms with Gasteiger partial charge in [-0.3, -0.25) is 4.79 Å². The van der Waals surface area contributed by atoms with Gasteiger partial charge in [-0.15, -0.1) is 0 Å². The summed E-state index contributed by atoms with van der Waals surface area (Å²) >= 11 is 4.95. The van der Waals surface area contributed by atoms with Crippen molar-refractivity contribution in [1.82, 2.24) is 5.48 Å². The van der Waals surface area contributed by atoms with Crippen molar-refractivity contribution < 1.29 is 18.9 Å². The minimum atomic E-state index is -4.22. The van der Waals surface area contributed by atoms with Crippen LogP contribution in [0.5, 0.6) is 0 Å². The van der Waals surface area contributed by atoms with E-state index in [1.54, 1.807) is 12.1 Å². The van der Waals surface area contributed by atoms with E-state index in [-0.39, 0.29) is 0 Å². The highest BCUT2D eigenvalue weighted by molar-refractivity contribution is 7.80. The predicted octanol–water partition coefficient (Wildman–Crippen LogP) is 2.57.